The van der Waals surface area contributed by atoms with Gasteiger partial charge in [0.15, 0.2) is 0 Å². The fraction of sp³-hybridized carbons (Fsp3) is 0.400. The lowest BCUT2D eigenvalue weighted by atomic mass is 9.92. The van der Waals surface area contributed by atoms with Crippen LogP contribution in [0.15, 0.2) is 42.5 Å². The lowest BCUT2D eigenvalue weighted by Gasteiger charge is -2.35. The van der Waals surface area contributed by atoms with Gasteiger partial charge in [0, 0.05) is 41.3 Å². The Morgan fingerprint density at radius 1 is 1.27 bits per heavy atom. The summed E-state index contributed by atoms with van der Waals surface area (Å²) in [5, 5.41) is 5.07. The molecule has 7 nitrogen and oxygen atoms in total. The number of nitrogens with one attached hydrogen (secondary N) is 2. The Balaban J connectivity index is 1.63. The van der Waals surface area contributed by atoms with E-state index in [-0.39, 0.29) is 12.1 Å². The third-order valence-corrected chi connectivity index (χ3v) is 6.09. The molecule has 4 N–H and O–H groups in total. The Morgan fingerprint density at radius 2 is 2.15 bits per heavy atom. The summed E-state index contributed by atoms with van der Waals surface area (Å²) in [6.07, 6.45) is 1.30. The van der Waals surface area contributed by atoms with E-state index in [0.29, 0.717) is 31.3 Å². The Hall–Kier alpha value is -2.74. The number of carbonyl (C=O) groups is 1. The summed E-state index contributed by atoms with van der Waals surface area (Å²) >= 11 is 6.28. The summed E-state index contributed by atoms with van der Waals surface area (Å²) in [7, 11) is 0. The molecular formula is C25H31ClN4O3. The van der Waals surface area contributed by atoms with Crippen molar-refractivity contribution in [3.63, 3.8) is 0 Å². The minimum Gasteiger partial charge on any atom is -0.494 e. The molecule has 8 heteroatoms. The highest BCUT2D eigenvalue weighted by molar-refractivity contribution is 6.31. The molecular weight excluding hydrogens is 440 g/mol. The highest BCUT2D eigenvalue weighted by atomic mass is 35.5. The first-order chi connectivity index (χ1) is 16.1. The average Bonchev–Trinajstić information content (AvgIpc) is 3.19. The van der Waals surface area contributed by atoms with Crippen LogP contribution in [-0.4, -0.2) is 55.4 Å². The topological polar surface area (TPSA) is 92.6 Å². The zero-order valence-electron chi connectivity index (χ0n) is 18.9. The molecule has 2 aromatic carbocycles. The number of hydrogen-bond donors (Lipinski definition) is 3. The molecule has 1 aliphatic heterocycles. The van der Waals surface area contributed by atoms with Crippen molar-refractivity contribution in [2.24, 2.45) is 5.73 Å². The van der Waals surface area contributed by atoms with E-state index in [4.69, 9.17) is 26.8 Å². The summed E-state index contributed by atoms with van der Waals surface area (Å²) in [6.45, 7) is 5.61. The van der Waals surface area contributed by atoms with E-state index in [0.717, 1.165) is 53.8 Å². The predicted molar refractivity (Wildman–Crippen MR) is 131 cm³/mol. The van der Waals surface area contributed by atoms with Crippen molar-refractivity contribution in [3.05, 3.63) is 64.3 Å². The number of hydrogen-bond acceptors (Lipinski definition) is 5. The van der Waals surface area contributed by atoms with Gasteiger partial charge in [0.2, 0.25) is 0 Å². The smallest absolute Gasteiger partial charge is 0.410 e. The van der Waals surface area contributed by atoms with Gasteiger partial charge in [0.1, 0.15) is 11.8 Å². The van der Waals surface area contributed by atoms with Gasteiger partial charge in [-0.1, -0.05) is 23.7 Å². The van der Waals surface area contributed by atoms with Crippen LogP contribution < -0.4 is 15.8 Å². The van der Waals surface area contributed by atoms with Crippen LogP contribution in [-0.2, 0) is 11.2 Å². The molecule has 3 aromatic rings. The van der Waals surface area contributed by atoms with Crippen molar-refractivity contribution in [3.8, 4) is 5.75 Å². The molecule has 0 saturated carbocycles. The molecule has 1 atom stereocenters. The average molecular weight is 471 g/mol. The summed E-state index contributed by atoms with van der Waals surface area (Å²) in [5.41, 5.74) is 9.67. The van der Waals surface area contributed by atoms with Crippen molar-refractivity contribution < 1.29 is 14.3 Å². The highest BCUT2D eigenvalue weighted by Gasteiger charge is 2.35. The number of amides is 1. The fourth-order valence-electron chi connectivity index (χ4n) is 4.40. The maximum absolute atomic E-state index is 12.9. The molecule has 1 aliphatic rings. The van der Waals surface area contributed by atoms with Crippen LogP contribution in [0.5, 0.6) is 5.75 Å². The number of aromatic nitrogens is 1. The largest absolute Gasteiger partial charge is 0.494 e. The first kappa shape index (κ1) is 23.4. The van der Waals surface area contributed by atoms with Gasteiger partial charge in [-0.15, -0.1) is 0 Å². The van der Waals surface area contributed by atoms with E-state index in [1.807, 2.05) is 49.4 Å². The number of H-pyrrole nitrogens is 1. The molecule has 4 rings (SSSR count). The monoisotopic (exact) mass is 470 g/mol. The fourth-order valence-corrected chi connectivity index (χ4v) is 4.57. The van der Waals surface area contributed by atoms with E-state index in [1.54, 1.807) is 4.90 Å². The molecule has 176 valence electrons. The lowest BCUT2D eigenvalue weighted by molar-refractivity contribution is 0.0931. The summed E-state index contributed by atoms with van der Waals surface area (Å²) in [6, 6.07) is 13.5. The van der Waals surface area contributed by atoms with Crippen LogP contribution in [0.2, 0.25) is 5.02 Å². The minimum absolute atomic E-state index is 0.297. The van der Waals surface area contributed by atoms with Crippen molar-refractivity contribution in [2.45, 2.75) is 25.8 Å². The quantitative estimate of drug-likeness (QED) is 0.407. The van der Waals surface area contributed by atoms with Crippen molar-refractivity contribution in [1.82, 2.24) is 15.2 Å². The first-order valence-corrected chi connectivity index (χ1v) is 11.9. The molecule has 1 amide bonds. The number of fused-ring (bicyclic) bond motifs is 3. The second kappa shape index (κ2) is 10.9. The molecule has 1 unspecified atom stereocenters. The van der Waals surface area contributed by atoms with Crippen molar-refractivity contribution in [1.29, 1.82) is 0 Å². The second-order valence-electron chi connectivity index (χ2n) is 8.07. The van der Waals surface area contributed by atoms with Gasteiger partial charge in [0.05, 0.1) is 13.2 Å². The molecule has 0 saturated heterocycles. The van der Waals surface area contributed by atoms with Crippen LogP contribution >= 0.6 is 11.6 Å². The molecule has 2 heterocycles. The molecule has 33 heavy (non-hydrogen) atoms. The lowest BCUT2D eigenvalue weighted by Crippen LogP contribution is -2.41. The van der Waals surface area contributed by atoms with Crippen LogP contribution in [0.1, 0.15) is 36.2 Å². The number of rotatable bonds is 9. The first-order valence-electron chi connectivity index (χ1n) is 11.5. The third-order valence-electron chi connectivity index (χ3n) is 5.85. The van der Waals surface area contributed by atoms with Gasteiger partial charge in [-0.25, -0.2) is 4.79 Å². The van der Waals surface area contributed by atoms with Gasteiger partial charge in [-0.3, -0.25) is 4.90 Å². The van der Waals surface area contributed by atoms with Crippen molar-refractivity contribution >= 4 is 28.6 Å². The van der Waals surface area contributed by atoms with E-state index < -0.39 is 0 Å². The molecule has 0 bridgehead atoms. The second-order valence-corrected chi connectivity index (χ2v) is 8.50. The minimum atomic E-state index is -0.317. The van der Waals surface area contributed by atoms with Crippen molar-refractivity contribution in [2.75, 3.05) is 39.4 Å². The summed E-state index contributed by atoms with van der Waals surface area (Å²) in [5.74, 6) is 0.779. The third kappa shape index (κ3) is 5.27. The van der Waals surface area contributed by atoms with E-state index >= 15 is 0 Å². The number of nitrogens with two attached hydrogens (primary N) is 1. The maximum Gasteiger partial charge on any atom is 0.410 e. The molecule has 0 spiro atoms. The van der Waals surface area contributed by atoms with Gasteiger partial charge >= 0.3 is 6.09 Å². The normalized spacial score (nSPS) is 15.5. The maximum atomic E-state index is 12.9. The molecule has 1 aromatic heterocycles. The number of halogens is 1. The molecule has 0 fully saturated rings. The molecule has 0 aliphatic carbocycles. The van der Waals surface area contributed by atoms with Crippen LogP contribution in [0.25, 0.3) is 10.9 Å². The summed E-state index contributed by atoms with van der Waals surface area (Å²) in [4.78, 5) is 18.2. The van der Waals surface area contributed by atoms with E-state index in [2.05, 4.69) is 10.3 Å². The Bertz CT molecular complexity index is 1100. The Kier molecular flexibility index (Phi) is 7.75. The molecule has 0 radical (unpaired) electrons. The highest BCUT2D eigenvalue weighted by Crippen LogP contribution is 2.40. The number of aromatic amines is 1. The standard InChI is InChI=1S/C25H31ClN4O3/c1-2-32-25(31)30-13-9-20-21-16-18(26)7-8-22(21)29-23(20)24(30)17-5-3-6-19(15-17)33-14-4-11-28-12-10-27/h3,5-8,15-16,24,28-29H,2,4,9-14,27H2,1H3. The van der Waals surface area contributed by atoms with Crippen LogP contribution in [0.3, 0.4) is 0 Å². The van der Waals surface area contributed by atoms with Gasteiger partial charge in [-0.2, -0.15) is 0 Å². The number of carbonyl (C=O) groups excluding carboxylic acids is 1. The van der Waals surface area contributed by atoms with E-state index in [9.17, 15) is 4.79 Å². The number of ether oxygens (including phenoxy) is 2. The predicted octanol–water partition coefficient (Wildman–Crippen LogP) is 4.24. The Labute approximate surface area is 199 Å². The SMILES string of the molecule is CCOC(=O)N1CCc2c([nH]c3ccc(Cl)cc23)C1c1cccc(OCCCNCCN)c1. The van der Waals surface area contributed by atoms with Crippen LogP contribution in [0.4, 0.5) is 4.79 Å². The Morgan fingerprint density at radius 3 is 2.97 bits per heavy atom. The summed E-state index contributed by atoms with van der Waals surface area (Å²) < 4.78 is 11.4. The zero-order chi connectivity index (χ0) is 23.2. The van der Waals surface area contributed by atoms with Gasteiger partial charge < -0.3 is 25.5 Å². The van der Waals surface area contributed by atoms with Gasteiger partial charge in [-0.05, 0) is 67.8 Å². The van der Waals surface area contributed by atoms with Crippen LogP contribution in [0, 0.1) is 0 Å². The number of nitrogens with zero attached hydrogens (tertiary/aromatic N) is 1. The van der Waals surface area contributed by atoms with Gasteiger partial charge in [0.25, 0.3) is 0 Å². The van der Waals surface area contributed by atoms with E-state index in [1.165, 1.54) is 5.56 Å². The zero-order valence-corrected chi connectivity index (χ0v) is 19.7. The number of benzene rings is 2.